The molecule has 0 saturated carbocycles. The molecule has 0 aliphatic carbocycles. The highest BCUT2D eigenvalue weighted by molar-refractivity contribution is 7.18. The number of hydrogen-bond acceptors (Lipinski definition) is 6. The maximum absolute atomic E-state index is 9.08. The van der Waals surface area contributed by atoms with Gasteiger partial charge >= 0.3 is 0 Å². The SMILES string of the molecule is Nc1ccc2c(c1)nc(N1CCN(CCO)CC1)c1ccsc12. The van der Waals surface area contributed by atoms with Crippen molar-refractivity contribution in [2.75, 3.05) is 50.0 Å². The molecule has 23 heavy (non-hydrogen) atoms. The fraction of sp³-hybridized carbons (Fsp3) is 0.353. The van der Waals surface area contributed by atoms with Crippen molar-refractivity contribution in [1.29, 1.82) is 0 Å². The van der Waals surface area contributed by atoms with Crippen LogP contribution < -0.4 is 10.6 Å². The second-order valence-electron chi connectivity index (χ2n) is 5.93. The molecule has 0 amide bonds. The molecule has 2 aromatic heterocycles. The van der Waals surface area contributed by atoms with E-state index >= 15 is 0 Å². The Bertz CT molecular complexity index is 839. The lowest BCUT2D eigenvalue weighted by atomic mass is 10.1. The van der Waals surface area contributed by atoms with Crippen molar-refractivity contribution in [2.45, 2.75) is 0 Å². The molecule has 5 nitrogen and oxygen atoms in total. The molecule has 1 aliphatic heterocycles. The van der Waals surface area contributed by atoms with E-state index in [4.69, 9.17) is 15.8 Å². The first-order chi connectivity index (χ1) is 11.3. The van der Waals surface area contributed by atoms with E-state index < -0.39 is 0 Å². The van der Waals surface area contributed by atoms with Crippen LogP contribution in [0.4, 0.5) is 11.5 Å². The fourth-order valence-electron chi connectivity index (χ4n) is 3.27. The van der Waals surface area contributed by atoms with Crippen LogP contribution in [-0.2, 0) is 0 Å². The normalized spacial score (nSPS) is 16.5. The first kappa shape index (κ1) is 14.7. The van der Waals surface area contributed by atoms with Crippen molar-refractivity contribution < 1.29 is 5.11 Å². The molecule has 1 saturated heterocycles. The number of pyridine rings is 1. The third-order valence-electron chi connectivity index (χ3n) is 4.49. The molecular weight excluding hydrogens is 308 g/mol. The molecule has 3 aromatic rings. The number of nitrogens with two attached hydrogens (primary N) is 1. The fourth-order valence-corrected chi connectivity index (χ4v) is 4.19. The monoisotopic (exact) mass is 328 g/mol. The van der Waals surface area contributed by atoms with Crippen LogP contribution in [0.2, 0.25) is 0 Å². The molecule has 3 heterocycles. The predicted molar refractivity (Wildman–Crippen MR) is 97.3 cm³/mol. The summed E-state index contributed by atoms with van der Waals surface area (Å²) < 4.78 is 1.28. The molecule has 0 atom stereocenters. The summed E-state index contributed by atoms with van der Waals surface area (Å²) in [5.41, 5.74) is 7.66. The number of aromatic nitrogens is 1. The smallest absolute Gasteiger partial charge is 0.138 e. The lowest BCUT2D eigenvalue weighted by molar-refractivity contribution is 0.188. The van der Waals surface area contributed by atoms with Gasteiger partial charge in [0.2, 0.25) is 0 Å². The Kier molecular flexibility index (Phi) is 3.80. The minimum absolute atomic E-state index is 0.224. The number of nitrogens with zero attached hydrogens (tertiary/aromatic N) is 3. The third-order valence-corrected chi connectivity index (χ3v) is 5.43. The van der Waals surface area contributed by atoms with Crippen LogP contribution in [0, 0.1) is 0 Å². The van der Waals surface area contributed by atoms with E-state index in [1.165, 1.54) is 15.5 Å². The van der Waals surface area contributed by atoms with Gasteiger partial charge in [-0.15, -0.1) is 11.3 Å². The van der Waals surface area contributed by atoms with Crippen LogP contribution >= 0.6 is 11.3 Å². The summed E-state index contributed by atoms with van der Waals surface area (Å²) in [6.07, 6.45) is 0. The number of anilines is 2. The van der Waals surface area contributed by atoms with Crippen molar-refractivity contribution in [1.82, 2.24) is 9.88 Å². The third kappa shape index (κ3) is 2.63. The predicted octanol–water partition coefficient (Wildman–Crippen LogP) is 2.15. The molecular formula is C17H20N4OS. The molecule has 1 fully saturated rings. The molecule has 4 rings (SSSR count). The van der Waals surface area contributed by atoms with Crippen molar-refractivity contribution in [2.24, 2.45) is 0 Å². The van der Waals surface area contributed by atoms with E-state index in [9.17, 15) is 0 Å². The zero-order chi connectivity index (χ0) is 15.8. The number of aliphatic hydroxyl groups excluding tert-OH is 1. The van der Waals surface area contributed by atoms with Gasteiger partial charge in [-0.1, -0.05) is 0 Å². The lowest BCUT2D eigenvalue weighted by Crippen LogP contribution is -2.47. The van der Waals surface area contributed by atoms with Crippen LogP contribution in [0.1, 0.15) is 0 Å². The second kappa shape index (κ2) is 5.96. The molecule has 0 spiro atoms. The van der Waals surface area contributed by atoms with E-state index in [2.05, 4.69) is 27.3 Å². The van der Waals surface area contributed by atoms with Crippen LogP contribution in [0.5, 0.6) is 0 Å². The van der Waals surface area contributed by atoms with Crippen molar-refractivity contribution in [3.05, 3.63) is 29.6 Å². The Morgan fingerprint density at radius 1 is 1.13 bits per heavy atom. The Morgan fingerprint density at radius 2 is 1.96 bits per heavy atom. The number of thiophene rings is 1. The molecule has 1 aliphatic rings. The number of nitrogen functional groups attached to an aromatic ring is 1. The van der Waals surface area contributed by atoms with E-state index in [0.717, 1.165) is 49.7 Å². The second-order valence-corrected chi connectivity index (χ2v) is 6.84. The van der Waals surface area contributed by atoms with Crippen LogP contribution in [0.25, 0.3) is 21.0 Å². The van der Waals surface area contributed by atoms with E-state index in [-0.39, 0.29) is 6.61 Å². The molecule has 0 bridgehead atoms. The van der Waals surface area contributed by atoms with Crippen molar-refractivity contribution in [3.8, 4) is 0 Å². The zero-order valence-electron chi connectivity index (χ0n) is 12.9. The average molecular weight is 328 g/mol. The van der Waals surface area contributed by atoms with Gasteiger partial charge in [0.1, 0.15) is 5.82 Å². The minimum atomic E-state index is 0.224. The number of rotatable bonds is 3. The first-order valence-electron chi connectivity index (χ1n) is 7.91. The van der Waals surface area contributed by atoms with Crippen LogP contribution in [0.15, 0.2) is 29.6 Å². The van der Waals surface area contributed by atoms with Gasteiger partial charge < -0.3 is 15.7 Å². The maximum atomic E-state index is 9.08. The lowest BCUT2D eigenvalue weighted by Gasteiger charge is -2.35. The number of β-amino-alcohol motifs (C(OH)–C–C–N with tert-alkyl or cyclic N) is 1. The molecule has 0 unspecified atom stereocenters. The molecule has 0 radical (unpaired) electrons. The molecule has 120 valence electrons. The van der Waals surface area contributed by atoms with Gasteiger partial charge in [-0.3, -0.25) is 4.90 Å². The molecule has 6 heteroatoms. The Labute approximate surface area is 138 Å². The molecule has 1 aromatic carbocycles. The number of benzene rings is 1. The Hall–Kier alpha value is -1.89. The summed E-state index contributed by atoms with van der Waals surface area (Å²) in [5.74, 6) is 1.06. The first-order valence-corrected chi connectivity index (χ1v) is 8.79. The Balaban J connectivity index is 1.75. The summed E-state index contributed by atoms with van der Waals surface area (Å²) >= 11 is 1.76. The van der Waals surface area contributed by atoms with Gasteiger partial charge in [0.25, 0.3) is 0 Å². The summed E-state index contributed by atoms with van der Waals surface area (Å²) in [6, 6.07) is 8.13. The minimum Gasteiger partial charge on any atom is -0.399 e. The molecule has 3 N–H and O–H groups in total. The number of hydrogen-bond donors (Lipinski definition) is 2. The standard InChI is InChI=1S/C17H20N4OS/c18-12-1-2-13-15(11-12)19-17(14-3-10-23-16(13)14)21-6-4-20(5-7-21)8-9-22/h1-3,10-11,22H,4-9,18H2. The highest BCUT2D eigenvalue weighted by atomic mass is 32.1. The van der Waals surface area contributed by atoms with Gasteiger partial charge in [0.15, 0.2) is 0 Å². The summed E-state index contributed by atoms with van der Waals surface area (Å²) in [6.45, 7) is 4.77. The van der Waals surface area contributed by atoms with Gasteiger partial charge in [-0.25, -0.2) is 4.98 Å². The van der Waals surface area contributed by atoms with Crippen LogP contribution in [0.3, 0.4) is 0 Å². The Morgan fingerprint density at radius 3 is 2.74 bits per heavy atom. The van der Waals surface area contributed by atoms with Crippen LogP contribution in [-0.4, -0.2) is 54.3 Å². The summed E-state index contributed by atoms with van der Waals surface area (Å²) in [7, 11) is 0. The highest BCUT2D eigenvalue weighted by Crippen LogP contribution is 2.36. The average Bonchev–Trinajstić information content (AvgIpc) is 3.04. The van der Waals surface area contributed by atoms with Crippen molar-refractivity contribution in [3.63, 3.8) is 0 Å². The van der Waals surface area contributed by atoms with Gasteiger partial charge in [0.05, 0.1) is 12.1 Å². The van der Waals surface area contributed by atoms with Gasteiger partial charge in [-0.2, -0.15) is 0 Å². The van der Waals surface area contributed by atoms with Gasteiger partial charge in [-0.05, 0) is 29.6 Å². The van der Waals surface area contributed by atoms with E-state index in [1.54, 1.807) is 11.3 Å². The number of aliphatic hydroxyl groups is 1. The van der Waals surface area contributed by atoms with E-state index in [0.29, 0.717) is 0 Å². The van der Waals surface area contributed by atoms with Crippen molar-refractivity contribution >= 4 is 43.8 Å². The summed E-state index contributed by atoms with van der Waals surface area (Å²) in [4.78, 5) is 9.56. The highest BCUT2D eigenvalue weighted by Gasteiger charge is 2.20. The number of piperazine rings is 1. The quantitative estimate of drug-likeness (QED) is 0.721. The number of fused-ring (bicyclic) bond motifs is 3. The topological polar surface area (TPSA) is 65.6 Å². The maximum Gasteiger partial charge on any atom is 0.138 e. The van der Waals surface area contributed by atoms with Gasteiger partial charge in [0, 0.05) is 53.9 Å². The summed E-state index contributed by atoms with van der Waals surface area (Å²) in [5, 5.41) is 13.6. The van der Waals surface area contributed by atoms with E-state index in [1.807, 2.05) is 12.1 Å². The zero-order valence-corrected chi connectivity index (χ0v) is 13.7. The largest absolute Gasteiger partial charge is 0.399 e.